The number of nitrogens with zero attached hydrogens (tertiary/aromatic N) is 2. The lowest BCUT2D eigenvalue weighted by atomic mass is 9.81. The first-order valence-electron chi connectivity index (χ1n) is 12.2. The summed E-state index contributed by atoms with van der Waals surface area (Å²) in [4.78, 5) is 17.5. The standard InChI is InChI=1S/C27H34F2N2O3/c28-23-5-1-19(2-6-23)25(32)17-30-13-9-21(10-14-30)27(34)22-11-15-31(16-12-22)18-26(33)20-3-7-24(29)8-4-20/h1-8,21-22,25-26,32-33H,9-18H2. The predicted molar refractivity (Wildman–Crippen MR) is 126 cm³/mol. The monoisotopic (exact) mass is 472 g/mol. The van der Waals surface area contributed by atoms with Crippen molar-refractivity contribution in [1.29, 1.82) is 0 Å². The Kier molecular flexibility index (Phi) is 8.42. The van der Waals surface area contributed by atoms with Crippen LogP contribution < -0.4 is 0 Å². The number of ketones is 1. The molecule has 0 aliphatic carbocycles. The van der Waals surface area contributed by atoms with E-state index in [9.17, 15) is 23.8 Å². The maximum absolute atomic E-state index is 13.1. The molecule has 0 bridgehead atoms. The first-order chi connectivity index (χ1) is 16.4. The van der Waals surface area contributed by atoms with Crippen LogP contribution in [0, 0.1) is 23.5 Å². The molecule has 34 heavy (non-hydrogen) atoms. The van der Waals surface area contributed by atoms with Crippen LogP contribution in [0.1, 0.15) is 49.0 Å². The third-order valence-corrected chi connectivity index (χ3v) is 7.35. The Morgan fingerprint density at radius 3 is 1.35 bits per heavy atom. The second-order valence-corrected chi connectivity index (χ2v) is 9.69. The molecule has 2 atom stereocenters. The lowest BCUT2D eigenvalue weighted by molar-refractivity contribution is -0.130. The van der Waals surface area contributed by atoms with Gasteiger partial charge in [-0.2, -0.15) is 0 Å². The molecule has 2 heterocycles. The average molecular weight is 473 g/mol. The molecule has 2 fully saturated rings. The van der Waals surface area contributed by atoms with Crippen molar-refractivity contribution >= 4 is 5.78 Å². The van der Waals surface area contributed by atoms with E-state index in [4.69, 9.17) is 0 Å². The summed E-state index contributed by atoms with van der Waals surface area (Å²) in [7, 11) is 0. The molecule has 2 aromatic carbocycles. The summed E-state index contributed by atoms with van der Waals surface area (Å²) in [5.74, 6) is -0.131. The summed E-state index contributed by atoms with van der Waals surface area (Å²) in [5.41, 5.74) is 1.41. The second kappa shape index (κ2) is 11.5. The minimum Gasteiger partial charge on any atom is -0.387 e. The molecule has 2 saturated heterocycles. The van der Waals surface area contributed by atoms with Crippen LogP contribution in [-0.2, 0) is 4.79 Å². The van der Waals surface area contributed by atoms with Gasteiger partial charge in [-0.1, -0.05) is 24.3 Å². The fourth-order valence-corrected chi connectivity index (χ4v) is 5.20. The number of aliphatic hydroxyl groups is 2. The lowest BCUT2D eigenvalue weighted by Gasteiger charge is -2.36. The topological polar surface area (TPSA) is 64.0 Å². The summed E-state index contributed by atoms with van der Waals surface area (Å²) in [6.45, 7) is 4.08. The van der Waals surface area contributed by atoms with E-state index in [2.05, 4.69) is 9.80 Å². The van der Waals surface area contributed by atoms with Gasteiger partial charge in [-0.05, 0) is 87.3 Å². The highest BCUT2D eigenvalue weighted by atomic mass is 19.1. The van der Waals surface area contributed by atoms with Crippen molar-refractivity contribution in [2.75, 3.05) is 39.3 Å². The molecular formula is C27H34F2N2O3. The first-order valence-corrected chi connectivity index (χ1v) is 12.2. The summed E-state index contributed by atoms with van der Waals surface area (Å²) in [5, 5.41) is 20.9. The summed E-state index contributed by atoms with van der Waals surface area (Å²) >= 11 is 0. The lowest BCUT2D eigenvalue weighted by Crippen LogP contribution is -2.43. The first kappa shape index (κ1) is 24.9. The van der Waals surface area contributed by atoms with Gasteiger partial charge in [0.15, 0.2) is 0 Å². The number of piperidine rings is 2. The van der Waals surface area contributed by atoms with Crippen LogP contribution >= 0.6 is 0 Å². The Hall–Kier alpha value is -2.19. The van der Waals surface area contributed by atoms with E-state index in [-0.39, 0.29) is 23.5 Å². The van der Waals surface area contributed by atoms with Gasteiger partial charge in [0.2, 0.25) is 0 Å². The number of benzene rings is 2. The van der Waals surface area contributed by atoms with Crippen LogP contribution in [0.3, 0.4) is 0 Å². The molecule has 2 N–H and O–H groups in total. The van der Waals surface area contributed by atoms with Crippen molar-refractivity contribution in [3.8, 4) is 0 Å². The molecule has 0 radical (unpaired) electrons. The van der Waals surface area contributed by atoms with E-state index in [1.807, 2.05) is 0 Å². The van der Waals surface area contributed by atoms with Crippen molar-refractivity contribution < 1.29 is 23.8 Å². The van der Waals surface area contributed by atoms with Crippen molar-refractivity contribution in [1.82, 2.24) is 9.80 Å². The van der Waals surface area contributed by atoms with Crippen LogP contribution in [0.2, 0.25) is 0 Å². The number of aliphatic hydroxyl groups excluding tert-OH is 2. The zero-order valence-electron chi connectivity index (χ0n) is 19.5. The van der Waals surface area contributed by atoms with Crippen LogP contribution in [0.15, 0.2) is 48.5 Å². The predicted octanol–water partition coefficient (Wildman–Crippen LogP) is 3.72. The minimum absolute atomic E-state index is 0.0700. The number of Topliss-reactive ketones (excluding diaryl/α,β-unsaturated/α-hetero) is 1. The zero-order chi connectivity index (χ0) is 24.1. The van der Waals surface area contributed by atoms with E-state index in [0.717, 1.165) is 51.9 Å². The summed E-state index contributed by atoms with van der Waals surface area (Å²) in [6.07, 6.45) is 1.89. The number of hydrogen-bond donors (Lipinski definition) is 2. The minimum atomic E-state index is -0.664. The number of hydrogen-bond acceptors (Lipinski definition) is 5. The number of carbonyl (C=O) groups excluding carboxylic acids is 1. The maximum atomic E-state index is 13.1. The number of likely N-dealkylation sites (tertiary alicyclic amines) is 2. The molecule has 0 saturated carbocycles. The van der Waals surface area contributed by atoms with Gasteiger partial charge in [-0.25, -0.2) is 8.78 Å². The molecule has 2 unspecified atom stereocenters. The third-order valence-electron chi connectivity index (χ3n) is 7.35. The summed E-state index contributed by atoms with van der Waals surface area (Å²) in [6, 6.07) is 11.9. The van der Waals surface area contributed by atoms with Gasteiger partial charge < -0.3 is 20.0 Å². The molecular weight excluding hydrogens is 438 g/mol. The number of halogens is 2. The number of β-amino-alcohol motifs (C(OH)–C–C–N with tert-alkyl or cyclic N) is 2. The van der Waals surface area contributed by atoms with Crippen LogP contribution in [0.4, 0.5) is 8.78 Å². The number of carbonyl (C=O) groups is 1. The second-order valence-electron chi connectivity index (χ2n) is 9.69. The SMILES string of the molecule is O=C(C1CCN(CC(O)c2ccc(F)cc2)CC1)C1CCN(CC(O)c2ccc(F)cc2)CC1. The summed E-state index contributed by atoms with van der Waals surface area (Å²) < 4.78 is 26.2. The van der Waals surface area contributed by atoms with Gasteiger partial charge in [-0.3, -0.25) is 4.79 Å². The quantitative estimate of drug-likeness (QED) is 0.613. The molecule has 184 valence electrons. The van der Waals surface area contributed by atoms with Crippen molar-refractivity contribution in [2.24, 2.45) is 11.8 Å². The van der Waals surface area contributed by atoms with Gasteiger partial charge in [0.1, 0.15) is 17.4 Å². The Morgan fingerprint density at radius 2 is 1.03 bits per heavy atom. The van der Waals surface area contributed by atoms with Gasteiger partial charge in [-0.15, -0.1) is 0 Å². The molecule has 4 rings (SSSR count). The fraction of sp³-hybridized carbons (Fsp3) is 0.519. The molecule has 5 nitrogen and oxygen atoms in total. The highest BCUT2D eigenvalue weighted by molar-refractivity contribution is 5.83. The molecule has 2 aliphatic heterocycles. The Bertz CT molecular complexity index is 846. The Morgan fingerprint density at radius 1 is 0.706 bits per heavy atom. The number of rotatable bonds is 8. The smallest absolute Gasteiger partial charge is 0.139 e. The van der Waals surface area contributed by atoms with Crippen LogP contribution in [0.5, 0.6) is 0 Å². The molecule has 0 aromatic heterocycles. The Labute approximate surface area is 200 Å². The average Bonchev–Trinajstić information content (AvgIpc) is 2.85. The van der Waals surface area contributed by atoms with Gasteiger partial charge in [0.05, 0.1) is 12.2 Å². The van der Waals surface area contributed by atoms with Crippen LogP contribution in [0.25, 0.3) is 0 Å². The van der Waals surface area contributed by atoms with E-state index >= 15 is 0 Å². The van der Waals surface area contributed by atoms with Crippen LogP contribution in [-0.4, -0.2) is 65.1 Å². The van der Waals surface area contributed by atoms with Gasteiger partial charge >= 0.3 is 0 Å². The van der Waals surface area contributed by atoms with Gasteiger partial charge in [0.25, 0.3) is 0 Å². The maximum Gasteiger partial charge on any atom is 0.139 e. The normalized spacial score (nSPS) is 20.8. The van der Waals surface area contributed by atoms with Gasteiger partial charge in [0, 0.05) is 24.9 Å². The van der Waals surface area contributed by atoms with E-state index in [0.29, 0.717) is 30.0 Å². The molecule has 0 spiro atoms. The Balaban J connectivity index is 1.18. The zero-order valence-corrected chi connectivity index (χ0v) is 19.5. The molecule has 2 aromatic rings. The third kappa shape index (κ3) is 6.48. The molecule has 2 aliphatic rings. The molecule has 0 amide bonds. The van der Waals surface area contributed by atoms with E-state index < -0.39 is 12.2 Å². The van der Waals surface area contributed by atoms with Crippen molar-refractivity contribution in [3.63, 3.8) is 0 Å². The highest BCUT2D eigenvalue weighted by Gasteiger charge is 2.33. The van der Waals surface area contributed by atoms with Crippen molar-refractivity contribution in [3.05, 3.63) is 71.3 Å². The molecule has 7 heteroatoms. The largest absolute Gasteiger partial charge is 0.387 e. The fourth-order valence-electron chi connectivity index (χ4n) is 5.20. The van der Waals surface area contributed by atoms with E-state index in [1.54, 1.807) is 24.3 Å². The highest BCUT2D eigenvalue weighted by Crippen LogP contribution is 2.29. The van der Waals surface area contributed by atoms with Crippen molar-refractivity contribution in [2.45, 2.75) is 37.9 Å². The van der Waals surface area contributed by atoms with E-state index in [1.165, 1.54) is 24.3 Å².